The van der Waals surface area contributed by atoms with Gasteiger partial charge in [-0.2, -0.15) is 5.10 Å². The number of aromatic amines is 1. The largest absolute Gasteiger partial charge is 0.445 e. The summed E-state index contributed by atoms with van der Waals surface area (Å²) >= 11 is 0. The Morgan fingerprint density at radius 2 is 2.04 bits per heavy atom. The Labute approximate surface area is 143 Å². The Kier molecular flexibility index (Phi) is 5.22. The lowest BCUT2D eigenvalue weighted by Gasteiger charge is -2.18. The summed E-state index contributed by atoms with van der Waals surface area (Å²) in [6.07, 6.45) is -0.0515. The molecule has 2 unspecified atom stereocenters. The van der Waals surface area contributed by atoms with E-state index in [2.05, 4.69) is 20.5 Å². The van der Waals surface area contributed by atoms with Crippen LogP contribution in [-0.4, -0.2) is 44.1 Å². The smallest absolute Gasteiger partial charge is 0.407 e. The minimum Gasteiger partial charge on any atom is -0.445 e. The van der Waals surface area contributed by atoms with Gasteiger partial charge in [-0.3, -0.25) is 10.1 Å². The third kappa shape index (κ3) is 4.31. The first-order chi connectivity index (χ1) is 12.1. The summed E-state index contributed by atoms with van der Waals surface area (Å²) in [5.74, 6) is 0. The summed E-state index contributed by atoms with van der Waals surface area (Å²) in [6, 6.07) is 10.9. The average Bonchev–Trinajstić information content (AvgIpc) is 3.12. The maximum Gasteiger partial charge on any atom is 0.407 e. The molecule has 0 fully saturated rings. The molecule has 4 N–H and O–H groups in total. The summed E-state index contributed by atoms with van der Waals surface area (Å²) in [6.45, 7) is -0.0263. The minimum absolute atomic E-state index is 0.131. The lowest BCUT2D eigenvalue weighted by molar-refractivity contribution is 0.0183. The molecule has 2 aromatic heterocycles. The number of H-pyrrole nitrogens is 1. The predicted octanol–water partition coefficient (Wildman–Crippen LogP) is 1.28. The van der Waals surface area contributed by atoms with E-state index in [1.165, 1.54) is 6.20 Å². The number of aliphatic hydroxyl groups excluding tert-OH is 2. The van der Waals surface area contributed by atoms with Crippen molar-refractivity contribution in [2.75, 3.05) is 6.54 Å². The van der Waals surface area contributed by atoms with Crippen molar-refractivity contribution in [1.29, 1.82) is 0 Å². The minimum atomic E-state index is -1.20. The van der Waals surface area contributed by atoms with Crippen LogP contribution in [0.2, 0.25) is 0 Å². The third-order valence-electron chi connectivity index (χ3n) is 3.69. The second-order valence-corrected chi connectivity index (χ2v) is 5.53. The average molecular weight is 342 g/mol. The molecule has 1 amide bonds. The predicted molar refractivity (Wildman–Crippen MR) is 89.5 cm³/mol. The quantitative estimate of drug-likeness (QED) is 0.535. The Bertz CT molecular complexity index is 837. The van der Waals surface area contributed by atoms with Crippen molar-refractivity contribution in [2.24, 2.45) is 0 Å². The number of alkyl carbamates (subject to hydrolysis) is 1. The van der Waals surface area contributed by atoms with Gasteiger partial charge in [-0.1, -0.05) is 30.3 Å². The van der Waals surface area contributed by atoms with Gasteiger partial charge in [-0.25, -0.2) is 4.79 Å². The molecule has 2 atom stereocenters. The van der Waals surface area contributed by atoms with E-state index in [0.29, 0.717) is 16.6 Å². The summed E-state index contributed by atoms with van der Waals surface area (Å²) in [5, 5.41) is 29.3. The number of hydrogen-bond donors (Lipinski definition) is 4. The van der Waals surface area contributed by atoms with E-state index in [-0.39, 0.29) is 13.2 Å². The Morgan fingerprint density at radius 1 is 1.24 bits per heavy atom. The lowest BCUT2D eigenvalue weighted by atomic mass is 10.1. The SMILES string of the molecule is O=C(NCC(O)C(O)c1cnc2cn[nH]c2c1)OCc1ccccc1. The zero-order valence-corrected chi connectivity index (χ0v) is 13.3. The van der Waals surface area contributed by atoms with Crippen molar-refractivity contribution >= 4 is 17.1 Å². The Balaban J connectivity index is 1.49. The number of aromatic nitrogens is 3. The number of amides is 1. The molecule has 0 saturated carbocycles. The number of ether oxygens (including phenoxy) is 1. The fraction of sp³-hybridized carbons (Fsp3) is 0.235. The second kappa shape index (κ2) is 7.73. The van der Waals surface area contributed by atoms with E-state index in [1.807, 2.05) is 30.3 Å². The molecule has 25 heavy (non-hydrogen) atoms. The van der Waals surface area contributed by atoms with E-state index in [0.717, 1.165) is 5.56 Å². The highest BCUT2D eigenvalue weighted by Crippen LogP contribution is 2.19. The number of hydrogen-bond acceptors (Lipinski definition) is 6. The molecule has 0 aliphatic heterocycles. The monoisotopic (exact) mass is 342 g/mol. The Morgan fingerprint density at radius 3 is 2.84 bits per heavy atom. The van der Waals surface area contributed by atoms with E-state index in [4.69, 9.17) is 4.74 Å². The van der Waals surface area contributed by atoms with Gasteiger partial charge in [0.25, 0.3) is 0 Å². The molecule has 0 aliphatic carbocycles. The van der Waals surface area contributed by atoms with Crippen molar-refractivity contribution in [3.63, 3.8) is 0 Å². The van der Waals surface area contributed by atoms with Crippen molar-refractivity contribution < 1.29 is 19.7 Å². The molecule has 0 bridgehead atoms. The van der Waals surface area contributed by atoms with Gasteiger partial charge in [0.1, 0.15) is 24.3 Å². The summed E-state index contributed by atoms with van der Waals surface area (Å²) < 4.78 is 5.04. The zero-order chi connectivity index (χ0) is 17.6. The summed E-state index contributed by atoms with van der Waals surface area (Å²) in [7, 11) is 0. The van der Waals surface area contributed by atoms with Gasteiger partial charge in [-0.15, -0.1) is 0 Å². The topological polar surface area (TPSA) is 120 Å². The molecule has 0 aliphatic rings. The van der Waals surface area contributed by atoms with Gasteiger partial charge in [-0.05, 0) is 11.6 Å². The highest BCUT2D eigenvalue weighted by Gasteiger charge is 2.20. The molecule has 1 aromatic carbocycles. The molecule has 2 heterocycles. The molecule has 130 valence electrons. The number of benzene rings is 1. The molecular formula is C17H18N4O4. The number of carbonyl (C=O) groups is 1. The number of carbonyl (C=O) groups excluding carboxylic acids is 1. The van der Waals surface area contributed by atoms with Crippen molar-refractivity contribution in [1.82, 2.24) is 20.5 Å². The van der Waals surface area contributed by atoms with Crippen LogP contribution in [-0.2, 0) is 11.3 Å². The van der Waals surface area contributed by atoms with Crippen LogP contribution in [0.25, 0.3) is 11.0 Å². The van der Waals surface area contributed by atoms with Crippen molar-refractivity contribution in [2.45, 2.75) is 18.8 Å². The van der Waals surface area contributed by atoms with E-state index in [9.17, 15) is 15.0 Å². The number of aliphatic hydroxyl groups is 2. The van der Waals surface area contributed by atoms with Crippen LogP contribution in [0.5, 0.6) is 0 Å². The van der Waals surface area contributed by atoms with Crippen LogP contribution in [0.1, 0.15) is 17.2 Å². The summed E-state index contributed by atoms with van der Waals surface area (Å²) in [4.78, 5) is 15.8. The van der Waals surface area contributed by atoms with Gasteiger partial charge >= 0.3 is 6.09 Å². The van der Waals surface area contributed by atoms with Gasteiger partial charge in [0.2, 0.25) is 0 Å². The molecule has 0 radical (unpaired) electrons. The van der Waals surface area contributed by atoms with Crippen molar-refractivity contribution in [3.05, 3.63) is 59.9 Å². The van der Waals surface area contributed by atoms with Gasteiger partial charge in [0, 0.05) is 18.3 Å². The first kappa shape index (κ1) is 16.9. The third-order valence-corrected chi connectivity index (χ3v) is 3.69. The molecule has 0 spiro atoms. The van der Waals surface area contributed by atoms with Gasteiger partial charge in [0.15, 0.2) is 0 Å². The van der Waals surface area contributed by atoms with Crippen LogP contribution in [0, 0.1) is 0 Å². The van der Waals surface area contributed by atoms with Crippen LogP contribution in [0.4, 0.5) is 4.79 Å². The number of nitrogens with one attached hydrogen (secondary N) is 2. The van der Waals surface area contributed by atoms with E-state index in [1.54, 1.807) is 12.3 Å². The molecule has 3 rings (SSSR count). The highest BCUT2D eigenvalue weighted by molar-refractivity contribution is 5.73. The summed E-state index contributed by atoms with van der Waals surface area (Å²) in [5.41, 5.74) is 2.59. The fourth-order valence-electron chi connectivity index (χ4n) is 2.30. The zero-order valence-electron chi connectivity index (χ0n) is 13.3. The second-order valence-electron chi connectivity index (χ2n) is 5.53. The first-order valence-electron chi connectivity index (χ1n) is 7.73. The van der Waals surface area contributed by atoms with Gasteiger partial charge < -0.3 is 20.3 Å². The number of rotatable bonds is 6. The maximum absolute atomic E-state index is 11.7. The molecule has 8 nitrogen and oxygen atoms in total. The maximum atomic E-state index is 11.7. The Hall–Kier alpha value is -2.97. The number of pyridine rings is 1. The molecule has 0 saturated heterocycles. The standard InChI is InChI=1S/C17H18N4O4/c22-15(9-19-17(24)25-10-11-4-2-1-3-5-11)16(23)12-6-13-14(18-7-12)8-20-21-13/h1-8,15-16,22-23H,9-10H2,(H,19,24)(H,20,21). The molecule has 8 heteroatoms. The van der Waals surface area contributed by atoms with Gasteiger partial charge in [0.05, 0.1) is 11.7 Å². The van der Waals surface area contributed by atoms with E-state index >= 15 is 0 Å². The highest BCUT2D eigenvalue weighted by atomic mass is 16.5. The lowest BCUT2D eigenvalue weighted by Crippen LogP contribution is -2.35. The molecule has 3 aromatic rings. The van der Waals surface area contributed by atoms with E-state index < -0.39 is 18.3 Å². The van der Waals surface area contributed by atoms with Crippen LogP contribution < -0.4 is 5.32 Å². The number of nitrogens with zero attached hydrogens (tertiary/aromatic N) is 2. The van der Waals surface area contributed by atoms with Crippen LogP contribution in [0.3, 0.4) is 0 Å². The van der Waals surface area contributed by atoms with Crippen molar-refractivity contribution in [3.8, 4) is 0 Å². The van der Waals surface area contributed by atoms with Crippen LogP contribution >= 0.6 is 0 Å². The fourth-order valence-corrected chi connectivity index (χ4v) is 2.30. The van der Waals surface area contributed by atoms with Crippen LogP contribution in [0.15, 0.2) is 48.8 Å². The molecular weight excluding hydrogens is 324 g/mol. The number of fused-ring (bicyclic) bond motifs is 1. The normalized spacial score (nSPS) is 13.4. The first-order valence-corrected chi connectivity index (χ1v) is 7.73.